The fraction of sp³-hybridized carbons (Fsp3) is 0.533. The summed E-state index contributed by atoms with van der Waals surface area (Å²) in [5, 5.41) is 0. The van der Waals surface area contributed by atoms with E-state index >= 15 is 0 Å². The Hall–Kier alpha value is -2.07. The average molecular weight is 293 g/mol. The van der Waals surface area contributed by atoms with Gasteiger partial charge in [0.2, 0.25) is 6.08 Å². The van der Waals surface area contributed by atoms with Gasteiger partial charge in [-0.15, -0.1) is 0 Å². The van der Waals surface area contributed by atoms with Gasteiger partial charge in [-0.25, -0.2) is 9.18 Å². The molecule has 1 aromatic carbocycles. The van der Waals surface area contributed by atoms with Crippen LogP contribution in [-0.2, 0) is 10.3 Å². The van der Waals surface area contributed by atoms with E-state index in [0.29, 0.717) is 37.6 Å². The lowest BCUT2D eigenvalue weighted by Crippen LogP contribution is -2.26. The van der Waals surface area contributed by atoms with Gasteiger partial charge in [0, 0.05) is 6.07 Å². The van der Waals surface area contributed by atoms with Crippen molar-refractivity contribution >= 4 is 6.08 Å². The lowest BCUT2D eigenvalue weighted by Gasteiger charge is -2.30. The van der Waals surface area contributed by atoms with Gasteiger partial charge in [0.05, 0.1) is 12.7 Å². The molecule has 0 N–H and O–H groups in total. The quantitative estimate of drug-likeness (QED) is 0.635. The zero-order valence-electron chi connectivity index (χ0n) is 11.8. The highest BCUT2D eigenvalue weighted by atomic mass is 19.1. The number of carbonyl (C=O) groups excluding carboxylic acids is 1. The number of hydrogen-bond donors (Lipinski definition) is 0. The van der Waals surface area contributed by atoms with E-state index in [1.807, 2.05) is 0 Å². The van der Waals surface area contributed by atoms with Crippen LogP contribution in [-0.4, -0.2) is 26.4 Å². The van der Waals surface area contributed by atoms with E-state index < -0.39 is 11.4 Å². The second kappa shape index (κ2) is 5.37. The van der Waals surface area contributed by atoms with Crippen molar-refractivity contribution in [1.82, 2.24) is 0 Å². The maximum atomic E-state index is 14.8. The van der Waals surface area contributed by atoms with Crippen LogP contribution < -0.4 is 14.2 Å². The summed E-state index contributed by atoms with van der Waals surface area (Å²) in [6, 6.07) is 1.47. The molecule has 2 aliphatic rings. The van der Waals surface area contributed by atoms with Crippen molar-refractivity contribution in [2.24, 2.45) is 4.99 Å². The summed E-state index contributed by atoms with van der Waals surface area (Å²) >= 11 is 0. The summed E-state index contributed by atoms with van der Waals surface area (Å²) in [5.74, 6) is 0.298. The van der Waals surface area contributed by atoms with Crippen LogP contribution in [0.4, 0.5) is 4.39 Å². The number of fused-ring (bicyclic) bond motifs is 1. The summed E-state index contributed by atoms with van der Waals surface area (Å²) in [6.45, 7) is 0.734. The number of ether oxygens (including phenoxy) is 3. The van der Waals surface area contributed by atoms with Gasteiger partial charge in [0.15, 0.2) is 23.1 Å². The van der Waals surface area contributed by atoms with Gasteiger partial charge in [-0.05, 0) is 12.8 Å². The van der Waals surface area contributed by atoms with Gasteiger partial charge in [-0.3, -0.25) is 0 Å². The first-order chi connectivity index (χ1) is 10.2. The maximum absolute atomic E-state index is 14.8. The van der Waals surface area contributed by atoms with E-state index in [-0.39, 0.29) is 11.3 Å². The molecular weight excluding hydrogens is 277 g/mol. The van der Waals surface area contributed by atoms with Gasteiger partial charge in [-0.1, -0.05) is 12.8 Å². The highest BCUT2D eigenvalue weighted by molar-refractivity contribution is 5.57. The molecule has 0 bridgehead atoms. The van der Waals surface area contributed by atoms with Crippen LogP contribution in [0.3, 0.4) is 0 Å². The van der Waals surface area contributed by atoms with Crippen molar-refractivity contribution in [1.29, 1.82) is 0 Å². The van der Waals surface area contributed by atoms with E-state index in [0.717, 1.165) is 12.8 Å². The molecule has 1 fully saturated rings. The Kier molecular flexibility index (Phi) is 3.55. The molecule has 5 nitrogen and oxygen atoms in total. The van der Waals surface area contributed by atoms with Crippen molar-refractivity contribution in [2.75, 3.05) is 20.3 Å². The molecule has 3 rings (SSSR count). The van der Waals surface area contributed by atoms with Crippen molar-refractivity contribution in [2.45, 2.75) is 31.2 Å². The van der Waals surface area contributed by atoms with Crippen molar-refractivity contribution in [3.8, 4) is 17.2 Å². The number of isocyanates is 1. The minimum absolute atomic E-state index is 0.0709. The Balaban J connectivity index is 2.26. The molecule has 1 aliphatic heterocycles. The molecule has 1 heterocycles. The Bertz CT molecular complexity index is 604. The fourth-order valence-corrected chi connectivity index (χ4v) is 3.17. The number of benzene rings is 1. The summed E-state index contributed by atoms with van der Waals surface area (Å²) in [7, 11) is 1.39. The number of nitrogens with zero attached hydrogens (tertiary/aromatic N) is 1. The highest BCUT2D eigenvalue weighted by Gasteiger charge is 2.43. The van der Waals surface area contributed by atoms with Crippen LogP contribution in [0.1, 0.15) is 31.2 Å². The van der Waals surface area contributed by atoms with Gasteiger partial charge in [-0.2, -0.15) is 4.99 Å². The molecule has 1 aliphatic carbocycles. The van der Waals surface area contributed by atoms with E-state index in [4.69, 9.17) is 14.2 Å². The lowest BCUT2D eigenvalue weighted by molar-refractivity contribution is 0.163. The zero-order chi connectivity index (χ0) is 14.9. The standard InChI is InChI=1S/C15H16FNO4/c1-19-10-8-11-14(21-7-6-20-11)12(13(10)16)15(17-9-18)4-2-3-5-15/h8H,2-7H2,1H3. The number of methoxy groups -OCH3 is 1. The normalized spacial score (nSPS) is 19.0. The predicted octanol–water partition coefficient (Wildman–Crippen LogP) is 2.71. The predicted molar refractivity (Wildman–Crippen MR) is 72.2 cm³/mol. The largest absolute Gasteiger partial charge is 0.494 e. The third-order valence-corrected chi connectivity index (χ3v) is 4.11. The molecule has 0 spiro atoms. The first kappa shape index (κ1) is 13.9. The first-order valence-electron chi connectivity index (χ1n) is 6.97. The van der Waals surface area contributed by atoms with E-state index in [9.17, 15) is 9.18 Å². The molecule has 0 atom stereocenters. The summed E-state index contributed by atoms with van der Waals surface area (Å²) in [4.78, 5) is 14.8. The fourth-order valence-electron chi connectivity index (χ4n) is 3.17. The van der Waals surface area contributed by atoms with E-state index in [1.54, 1.807) is 6.08 Å². The summed E-state index contributed by atoms with van der Waals surface area (Å²) in [6.07, 6.45) is 4.51. The molecule has 0 saturated heterocycles. The monoisotopic (exact) mass is 293 g/mol. The number of rotatable bonds is 3. The second-order valence-corrected chi connectivity index (χ2v) is 5.23. The van der Waals surface area contributed by atoms with Crippen molar-refractivity contribution in [3.63, 3.8) is 0 Å². The topological polar surface area (TPSA) is 57.1 Å². The molecule has 21 heavy (non-hydrogen) atoms. The smallest absolute Gasteiger partial charge is 0.235 e. The molecule has 6 heteroatoms. The van der Waals surface area contributed by atoms with Gasteiger partial charge >= 0.3 is 0 Å². The third-order valence-electron chi connectivity index (χ3n) is 4.11. The second-order valence-electron chi connectivity index (χ2n) is 5.23. The third kappa shape index (κ3) is 2.16. The van der Waals surface area contributed by atoms with Crippen LogP contribution in [0.25, 0.3) is 0 Å². The minimum atomic E-state index is -0.925. The minimum Gasteiger partial charge on any atom is -0.494 e. The Morgan fingerprint density at radius 1 is 1.33 bits per heavy atom. The number of aliphatic imine (C=N–C) groups is 1. The van der Waals surface area contributed by atoms with Gasteiger partial charge in [0.1, 0.15) is 18.8 Å². The Labute approximate surface area is 121 Å². The summed E-state index contributed by atoms with van der Waals surface area (Å²) < 4.78 is 31.1. The maximum Gasteiger partial charge on any atom is 0.235 e. The zero-order valence-corrected chi connectivity index (χ0v) is 11.8. The van der Waals surface area contributed by atoms with E-state index in [2.05, 4.69) is 4.99 Å². The van der Waals surface area contributed by atoms with Gasteiger partial charge < -0.3 is 14.2 Å². The van der Waals surface area contributed by atoms with Crippen LogP contribution in [0, 0.1) is 5.82 Å². The first-order valence-corrected chi connectivity index (χ1v) is 6.97. The molecule has 0 unspecified atom stereocenters. The Morgan fingerprint density at radius 2 is 2.05 bits per heavy atom. The van der Waals surface area contributed by atoms with Crippen LogP contribution in [0.2, 0.25) is 0 Å². The highest BCUT2D eigenvalue weighted by Crippen LogP contribution is 2.52. The molecule has 1 aromatic rings. The Morgan fingerprint density at radius 3 is 2.71 bits per heavy atom. The van der Waals surface area contributed by atoms with Crippen molar-refractivity contribution < 1.29 is 23.4 Å². The molecule has 0 amide bonds. The summed E-state index contributed by atoms with van der Waals surface area (Å²) in [5.41, 5.74) is -0.664. The number of halogens is 1. The lowest BCUT2D eigenvalue weighted by atomic mass is 9.87. The SMILES string of the molecule is COc1cc2c(c(C3(N=C=O)CCCC3)c1F)OCCO2. The molecule has 0 radical (unpaired) electrons. The van der Waals surface area contributed by atoms with E-state index in [1.165, 1.54) is 13.2 Å². The average Bonchev–Trinajstić information content (AvgIpc) is 2.96. The number of hydrogen-bond acceptors (Lipinski definition) is 5. The molecule has 1 saturated carbocycles. The molecular formula is C15H16FNO4. The van der Waals surface area contributed by atoms with Gasteiger partial charge in [0.25, 0.3) is 0 Å². The van der Waals surface area contributed by atoms with Crippen LogP contribution in [0.15, 0.2) is 11.1 Å². The molecule has 112 valence electrons. The van der Waals surface area contributed by atoms with Crippen LogP contribution in [0.5, 0.6) is 17.2 Å². The van der Waals surface area contributed by atoms with Crippen molar-refractivity contribution in [3.05, 3.63) is 17.4 Å². The van der Waals surface area contributed by atoms with Crippen LogP contribution >= 0.6 is 0 Å². The molecule has 0 aromatic heterocycles.